The fraction of sp³-hybridized carbons (Fsp3) is 0.333. The van der Waals surface area contributed by atoms with E-state index >= 15 is 0 Å². The molecule has 3 rings (SSSR count). The predicted octanol–water partition coefficient (Wildman–Crippen LogP) is 7.41. The van der Waals surface area contributed by atoms with Gasteiger partial charge < -0.3 is 9.47 Å². The van der Waals surface area contributed by atoms with Crippen molar-refractivity contribution >= 4 is 0 Å². The Hall–Kier alpha value is -2.58. The molecule has 0 fully saturated rings. The van der Waals surface area contributed by atoms with Gasteiger partial charge in [0, 0.05) is 5.41 Å². The van der Waals surface area contributed by atoms with E-state index < -0.39 is 0 Å². The first kappa shape index (κ1) is 21.1. The molecule has 3 aromatic carbocycles. The van der Waals surface area contributed by atoms with Gasteiger partial charge in [0.25, 0.3) is 0 Å². The second-order valence-corrected chi connectivity index (χ2v) is 8.67. The van der Waals surface area contributed by atoms with Crippen molar-refractivity contribution in [3.05, 3.63) is 95.1 Å². The SMILES string of the molecule is Cc1cc(C(C)(C)COCc2cccc(Oc3ccccc3)c2)ccc1C(C)C. The molecular formula is C27H32O2. The second kappa shape index (κ2) is 9.28. The molecule has 0 amide bonds. The lowest BCUT2D eigenvalue weighted by molar-refractivity contribution is 0.0824. The molecule has 0 aliphatic carbocycles. The zero-order valence-electron chi connectivity index (χ0n) is 18.2. The Kier molecular flexibility index (Phi) is 6.76. The van der Waals surface area contributed by atoms with Gasteiger partial charge in [0.1, 0.15) is 11.5 Å². The Bertz CT molecular complexity index is 926. The molecule has 0 N–H and O–H groups in total. The van der Waals surface area contributed by atoms with E-state index in [0.29, 0.717) is 19.1 Å². The van der Waals surface area contributed by atoms with Gasteiger partial charge in [-0.25, -0.2) is 0 Å². The van der Waals surface area contributed by atoms with Gasteiger partial charge in [-0.3, -0.25) is 0 Å². The highest BCUT2D eigenvalue weighted by Crippen LogP contribution is 2.29. The lowest BCUT2D eigenvalue weighted by Crippen LogP contribution is -2.24. The Labute approximate surface area is 175 Å². The zero-order valence-corrected chi connectivity index (χ0v) is 18.2. The van der Waals surface area contributed by atoms with Crippen molar-refractivity contribution in [1.29, 1.82) is 0 Å². The minimum absolute atomic E-state index is 0.0432. The summed E-state index contributed by atoms with van der Waals surface area (Å²) in [7, 11) is 0. The Morgan fingerprint density at radius 1 is 0.828 bits per heavy atom. The molecule has 0 unspecified atom stereocenters. The largest absolute Gasteiger partial charge is 0.457 e. The van der Waals surface area contributed by atoms with Crippen LogP contribution >= 0.6 is 0 Å². The first-order chi connectivity index (χ1) is 13.8. The maximum absolute atomic E-state index is 6.11. The van der Waals surface area contributed by atoms with Gasteiger partial charge in [-0.2, -0.15) is 0 Å². The number of rotatable bonds is 8. The van der Waals surface area contributed by atoms with E-state index in [1.807, 2.05) is 48.5 Å². The minimum Gasteiger partial charge on any atom is -0.457 e. The third kappa shape index (κ3) is 5.71. The Morgan fingerprint density at radius 2 is 1.55 bits per heavy atom. The van der Waals surface area contributed by atoms with Gasteiger partial charge in [0.2, 0.25) is 0 Å². The molecule has 29 heavy (non-hydrogen) atoms. The quantitative estimate of drug-likeness (QED) is 0.400. The Morgan fingerprint density at radius 3 is 2.24 bits per heavy atom. The smallest absolute Gasteiger partial charge is 0.127 e. The molecule has 152 valence electrons. The highest BCUT2D eigenvalue weighted by molar-refractivity contribution is 5.37. The number of ether oxygens (including phenoxy) is 2. The Balaban J connectivity index is 1.60. The highest BCUT2D eigenvalue weighted by Gasteiger charge is 2.22. The van der Waals surface area contributed by atoms with E-state index in [1.165, 1.54) is 16.7 Å². The topological polar surface area (TPSA) is 18.5 Å². The third-order valence-electron chi connectivity index (χ3n) is 5.28. The van der Waals surface area contributed by atoms with Gasteiger partial charge in [0.15, 0.2) is 0 Å². The first-order valence-electron chi connectivity index (χ1n) is 10.4. The van der Waals surface area contributed by atoms with Crippen molar-refractivity contribution in [1.82, 2.24) is 0 Å². The second-order valence-electron chi connectivity index (χ2n) is 8.67. The maximum atomic E-state index is 6.11. The number of para-hydroxylation sites is 1. The summed E-state index contributed by atoms with van der Waals surface area (Å²) in [5.74, 6) is 2.22. The summed E-state index contributed by atoms with van der Waals surface area (Å²) >= 11 is 0. The van der Waals surface area contributed by atoms with Crippen molar-refractivity contribution in [2.75, 3.05) is 6.61 Å². The van der Waals surface area contributed by atoms with Crippen molar-refractivity contribution in [2.24, 2.45) is 0 Å². The van der Waals surface area contributed by atoms with E-state index in [1.54, 1.807) is 0 Å². The van der Waals surface area contributed by atoms with Crippen LogP contribution in [0, 0.1) is 6.92 Å². The fourth-order valence-corrected chi connectivity index (χ4v) is 3.58. The van der Waals surface area contributed by atoms with Crippen LogP contribution in [-0.4, -0.2) is 6.61 Å². The summed E-state index contributed by atoms with van der Waals surface area (Å²) in [6.45, 7) is 12.4. The van der Waals surface area contributed by atoms with Crippen LogP contribution in [0.5, 0.6) is 11.5 Å². The van der Waals surface area contributed by atoms with Crippen LogP contribution in [0.4, 0.5) is 0 Å². The van der Waals surface area contributed by atoms with Gasteiger partial charge in [-0.05, 0) is 59.4 Å². The number of benzene rings is 3. The molecule has 0 atom stereocenters. The van der Waals surface area contributed by atoms with Crippen molar-refractivity contribution in [3.63, 3.8) is 0 Å². The molecule has 2 nitrogen and oxygen atoms in total. The number of hydrogen-bond acceptors (Lipinski definition) is 2. The maximum Gasteiger partial charge on any atom is 0.127 e. The average molecular weight is 389 g/mol. The normalized spacial score (nSPS) is 11.7. The van der Waals surface area contributed by atoms with Crippen LogP contribution < -0.4 is 4.74 Å². The van der Waals surface area contributed by atoms with E-state index in [4.69, 9.17) is 9.47 Å². The average Bonchev–Trinajstić information content (AvgIpc) is 2.68. The summed E-state index contributed by atoms with van der Waals surface area (Å²) in [6.07, 6.45) is 0. The fourth-order valence-electron chi connectivity index (χ4n) is 3.58. The van der Waals surface area contributed by atoms with Crippen LogP contribution in [-0.2, 0) is 16.8 Å². The van der Waals surface area contributed by atoms with Gasteiger partial charge >= 0.3 is 0 Å². The van der Waals surface area contributed by atoms with Crippen LogP contribution in [0.15, 0.2) is 72.8 Å². The highest BCUT2D eigenvalue weighted by atomic mass is 16.5. The molecular weight excluding hydrogens is 356 g/mol. The van der Waals surface area contributed by atoms with Crippen LogP contribution in [0.1, 0.15) is 55.9 Å². The summed E-state index contributed by atoms with van der Waals surface area (Å²) in [4.78, 5) is 0. The van der Waals surface area contributed by atoms with Crippen LogP contribution in [0.3, 0.4) is 0 Å². The van der Waals surface area contributed by atoms with Crippen molar-refractivity contribution < 1.29 is 9.47 Å². The van der Waals surface area contributed by atoms with Crippen molar-refractivity contribution in [2.45, 2.75) is 52.6 Å². The monoisotopic (exact) mass is 388 g/mol. The van der Waals surface area contributed by atoms with E-state index in [9.17, 15) is 0 Å². The molecule has 0 spiro atoms. The van der Waals surface area contributed by atoms with Crippen LogP contribution in [0.25, 0.3) is 0 Å². The number of hydrogen-bond donors (Lipinski definition) is 0. The zero-order chi connectivity index (χ0) is 20.9. The molecule has 0 saturated carbocycles. The summed E-state index contributed by atoms with van der Waals surface area (Å²) in [5, 5.41) is 0. The van der Waals surface area contributed by atoms with Crippen molar-refractivity contribution in [3.8, 4) is 11.5 Å². The molecule has 0 aliphatic heterocycles. The molecule has 3 aromatic rings. The van der Waals surface area contributed by atoms with Crippen LogP contribution in [0.2, 0.25) is 0 Å². The molecule has 0 heterocycles. The minimum atomic E-state index is -0.0432. The van der Waals surface area contributed by atoms with E-state index in [0.717, 1.165) is 17.1 Å². The van der Waals surface area contributed by atoms with Gasteiger partial charge in [-0.15, -0.1) is 0 Å². The lowest BCUT2D eigenvalue weighted by Gasteiger charge is -2.26. The molecule has 2 heteroatoms. The standard InChI is InChI=1S/C27H32O2/c1-20(2)26-15-14-23(16-21(26)3)27(4,5)19-28-18-22-10-9-13-25(17-22)29-24-11-7-6-8-12-24/h6-17,20H,18-19H2,1-5H3. The number of aryl methyl sites for hydroxylation is 1. The summed E-state index contributed by atoms with van der Waals surface area (Å²) < 4.78 is 12.0. The van der Waals surface area contributed by atoms with Gasteiger partial charge in [-0.1, -0.05) is 76.2 Å². The summed E-state index contributed by atoms with van der Waals surface area (Å²) in [5.41, 5.74) is 5.16. The third-order valence-corrected chi connectivity index (χ3v) is 5.28. The first-order valence-corrected chi connectivity index (χ1v) is 10.4. The predicted molar refractivity (Wildman–Crippen MR) is 121 cm³/mol. The molecule has 0 bridgehead atoms. The summed E-state index contributed by atoms with van der Waals surface area (Å²) in [6, 6.07) is 24.8. The molecule has 0 aromatic heterocycles. The molecule has 0 saturated heterocycles. The lowest BCUT2D eigenvalue weighted by atomic mass is 9.83. The van der Waals surface area contributed by atoms with E-state index in [2.05, 4.69) is 58.9 Å². The molecule has 0 aliphatic rings. The van der Waals surface area contributed by atoms with Gasteiger partial charge in [0.05, 0.1) is 13.2 Å². The molecule has 0 radical (unpaired) electrons. The van der Waals surface area contributed by atoms with E-state index in [-0.39, 0.29) is 5.41 Å².